The Morgan fingerprint density at radius 2 is 1.57 bits per heavy atom. The number of amides is 5. The van der Waals surface area contributed by atoms with E-state index in [1.165, 1.54) is 30.6 Å². The lowest BCUT2D eigenvalue weighted by atomic mass is 9.96. The molecule has 2 aromatic rings. The van der Waals surface area contributed by atoms with Gasteiger partial charge >= 0.3 is 6.03 Å². The average molecular weight is 497 g/mol. The molecule has 0 bridgehead atoms. The highest BCUT2D eigenvalue weighted by atomic mass is 32.2. The summed E-state index contributed by atoms with van der Waals surface area (Å²) in [5.74, 6) is -1.16. The Kier molecular flexibility index (Phi) is 7.39. The summed E-state index contributed by atoms with van der Waals surface area (Å²) in [6.07, 6.45) is -0.815. The minimum Gasteiger partial charge on any atom is -0.326 e. The van der Waals surface area contributed by atoms with Crippen LogP contribution < -0.4 is 21.3 Å². The summed E-state index contributed by atoms with van der Waals surface area (Å²) in [5, 5.41) is 11.9. The van der Waals surface area contributed by atoms with E-state index in [0.717, 1.165) is 10.5 Å². The fourth-order valence-electron chi connectivity index (χ4n) is 4.24. The summed E-state index contributed by atoms with van der Waals surface area (Å²) in [4.78, 5) is 52.1. The van der Waals surface area contributed by atoms with Crippen LogP contribution in [0.25, 0.3) is 0 Å². The zero-order chi connectivity index (χ0) is 25.1. The number of thioether (sulfide) groups is 1. The molecule has 2 aliphatic heterocycles. The van der Waals surface area contributed by atoms with Crippen LogP contribution in [-0.4, -0.2) is 64.9 Å². The van der Waals surface area contributed by atoms with E-state index >= 15 is 0 Å². The molecule has 4 unspecified atom stereocenters. The molecule has 10 nitrogen and oxygen atoms in total. The van der Waals surface area contributed by atoms with Gasteiger partial charge in [-0.3, -0.25) is 29.9 Å². The summed E-state index contributed by atoms with van der Waals surface area (Å²) in [7, 11) is 3.14. The zero-order valence-corrected chi connectivity index (χ0v) is 20.5. The van der Waals surface area contributed by atoms with Crippen LogP contribution >= 0.6 is 11.8 Å². The summed E-state index contributed by atoms with van der Waals surface area (Å²) < 4.78 is 0. The van der Waals surface area contributed by atoms with Gasteiger partial charge in [0.25, 0.3) is 0 Å². The molecule has 0 radical (unpaired) electrons. The van der Waals surface area contributed by atoms with E-state index in [1.807, 2.05) is 30.3 Å². The van der Waals surface area contributed by atoms with Crippen molar-refractivity contribution < 1.29 is 19.2 Å². The van der Waals surface area contributed by atoms with E-state index in [1.54, 1.807) is 31.3 Å². The fraction of sp³-hybridized carbons (Fsp3) is 0.333. The Labute approximate surface area is 207 Å². The zero-order valence-electron chi connectivity index (χ0n) is 19.6. The van der Waals surface area contributed by atoms with E-state index in [-0.39, 0.29) is 35.7 Å². The summed E-state index contributed by atoms with van der Waals surface area (Å²) in [6, 6.07) is 16.1. The number of nitrogens with one attached hydrogen (secondary N) is 4. The SMILES string of the molecule is CC(=O)Nc1ccc(NC(=O)CSC2NC(c3ccccc3)NC3C2C(=O)N(C)C(=O)N3C)cc1. The van der Waals surface area contributed by atoms with Crippen molar-refractivity contribution in [2.75, 3.05) is 30.5 Å². The summed E-state index contributed by atoms with van der Waals surface area (Å²) in [5.41, 5.74) is 2.20. The normalized spacial score (nSPS) is 24.1. The lowest BCUT2D eigenvalue weighted by Gasteiger charge is -2.50. The van der Waals surface area contributed by atoms with Crippen molar-refractivity contribution >= 4 is 46.9 Å². The Bertz CT molecular complexity index is 1110. The molecule has 0 spiro atoms. The van der Waals surface area contributed by atoms with Gasteiger partial charge in [-0.15, -0.1) is 11.8 Å². The second-order valence-corrected chi connectivity index (χ2v) is 9.61. The highest BCUT2D eigenvalue weighted by Crippen LogP contribution is 2.34. The van der Waals surface area contributed by atoms with E-state index in [4.69, 9.17) is 0 Å². The molecule has 2 fully saturated rings. The lowest BCUT2D eigenvalue weighted by molar-refractivity contribution is -0.140. The summed E-state index contributed by atoms with van der Waals surface area (Å²) >= 11 is 1.32. The number of fused-ring (bicyclic) bond motifs is 1. The van der Waals surface area contributed by atoms with Crippen molar-refractivity contribution in [3.05, 3.63) is 60.2 Å². The van der Waals surface area contributed by atoms with Gasteiger partial charge in [-0.05, 0) is 29.8 Å². The van der Waals surface area contributed by atoms with Crippen molar-refractivity contribution in [2.24, 2.45) is 5.92 Å². The van der Waals surface area contributed by atoms with Gasteiger partial charge in [0.2, 0.25) is 17.7 Å². The van der Waals surface area contributed by atoms with Crippen LogP contribution in [0.4, 0.5) is 16.2 Å². The maximum absolute atomic E-state index is 13.1. The maximum Gasteiger partial charge on any atom is 0.327 e. The van der Waals surface area contributed by atoms with Gasteiger partial charge in [0.1, 0.15) is 0 Å². The van der Waals surface area contributed by atoms with E-state index < -0.39 is 17.5 Å². The Morgan fingerprint density at radius 1 is 0.943 bits per heavy atom. The van der Waals surface area contributed by atoms with E-state index in [0.29, 0.717) is 11.4 Å². The van der Waals surface area contributed by atoms with Crippen LogP contribution in [0.1, 0.15) is 18.7 Å². The molecule has 184 valence electrons. The number of carbonyl (C=O) groups excluding carboxylic acids is 4. The first kappa shape index (κ1) is 24.7. The maximum atomic E-state index is 13.1. The molecule has 2 heterocycles. The largest absolute Gasteiger partial charge is 0.327 e. The predicted molar refractivity (Wildman–Crippen MR) is 134 cm³/mol. The van der Waals surface area contributed by atoms with Gasteiger partial charge in [0.15, 0.2) is 0 Å². The number of imide groups is 1. The summed E-state index contributed by atoms with van der Waals surface area (Å²) in [6.45, 7) is 1.43. The number of anilines is 2. The minimum atomic E-state index is -0.572. The first-order valence-electron chi connectivity index (χ1n) is 11.1. The number of hydrogen-bond acceptors (Lipinski definition) is 7. The van der Waals surface area contributed by atoms with Gasteiger partial charge in [0, 0.05) is 32.4 Å². The predicted octanol–water partition coefficient (Wildman–Crippen LogP) is 2.00. The monoisotopic (exact) mass is 496 g/mol. The number of rotatable bonds is 6. The van der Waals surface area contributed by atoms with Crippen LogP contribution in [0.3, 0.4) is 0 Å². The van der Waals surface area contributed by atoms with Gasteiger partial charge in [-0.2, -0.15) is 0 Å². The first-order chi connectivity index (χ1) is 16.7. The molecule has 0 saturated carbocycles. The molecular weight excluding hydrogens is 468 g/mol. The molecule has 4 atom stereocenters. The van der Waals surface area contributed by atoms with Gasteiger partial charge in [0.05, 0.1) is 29.4 Å². The van der Waals surface area contributed by atoms with Crippen LogP contribution in [0.5, 0.6) is 0 Å². The average Bonchev–Trinajstić information content (AvgIpc) is 2.85. The van der Waals surface area contributed by atoms with Crippen molar-refractivity contribution in [2.45, 2.75) is 24.6 Å². The molecule has 4 rings (SSSR count). The number of benzene rings is 2. The third-order valence-electron chi connectivity index (χ3n) is 5.97. The topological polar surface area (TPSA) is 123 Å². The Hall–Kier alpha value is -3.41. The van der Waals surface area contributed by atoms with Crippen molar-refractivity contribution in [3.8, 4) is 0 Å². The quantitative estimate of drug-likeness (QED) is 0.482. The molecule has 0 aliphatic carbocycles. The first-order valence-corrected chi connectivity index (χ1v) is 12.2. The van der Waals surface area contributed by atoms with Crippen molar-refractivity contribution in [1.82, 2.24) is 20.4 Å². The van der Waals surface area contributed by atoms with Crippen LogP contribution in [0.15, 0.2) is 54.6 Å². The van der Waals surface area contributed by atoms with Crippen LogP contribution in [0.2, 0.25) is 0 Å². The molecule has 4 N–H and O–H groups in total. The Morgan fingerprint density at radius 3 is 2.20 bits per heavy atom. The molecule has 11 heteroatoms. The number of nitrogens with zero attached hydrogens (tertiary/aromatic N) is 2. The van der Waals surface area contributed by atoms with Gasteiger partial charge < -0.3 is 15.5 Å². The molecular formula is C24H28N6O4S. The van der Waals surface area contributed by atoms with E-state index in [2.05, 4.69) is 21.3 Å². The Balaban J connectivity index is 1.46. The molecule has 35 heavy (non-hydrogen) atoms. The number of hydrogen-bond donors (Lipinski definition) is 4. The van der Waals surface area contributed by atoms with Crippen LogP contribution in [0, 0.1) is 5.92 Å². The highest BCUT2D eigenvalue weighted by Gasteiger charge is 2.51. The fourth-order valence-corrected chi connectivity index (χ4v) is 5.35. The number of urea groups is 1. The van der Waals surface area contributed by atoms with Crippen LogP contribution in [-0.2, 0) is 14.4 Å². The van der Waals surface area contributed by atoms with E-state index in [9.17, 15) is 19.2 Å². The van der Waals surface area contributed by atoms with Gasteiger partial charge in [-0.25, -0.2) is 4.79 Å². The lowest BCUT2D eigenvalue weighted by Crippen LogP contribution is -2.72. The smallest absolute Gasteiger partial charge is 0.326 e. The minimum absolute atomic E-state index is 0.102. The third kappa shape index (κ3) is 5.47. The third-order valence-corrected chi connectivity index (χ3v) is 7.19. The second-order valence-electron chi connectivity index (χ2n) is 8.48. The van der Waals surface area contributed by atoms with Crippen molar-refractivity contribution in [3.63, 3.8) is 0 Å². The molecule has 2 aromatic carbocycles. The second kappa shape index (κ2) is 10.5. The molecule has 2 aliphatic rings. The van der Waals surface area contributed by atoms with Crippen molar-refractivity contribution in [1.29, 1.82) is 0 Å². The molecule has 2 saturated heterocycles. The molecule has 5 amide bonds. The van der Waals surface area contributed by atoms with Gasteiger partial charge in [-0.1, -0.05) is 30.3 Å². The number of carbonyl (C=O) groups is 4. The highest BCUT2D eigenvalue weighted by molar-refractivity contribution is 8.00. The molecule has 0 aromatic heterocycles. The standard InChI is InChI=1S/C24H28N6O4S/c1-14(31)25-16-9-11-17(12-10-16)26-18(32)13-35-22-19-21(29(2)24(34)30(3)23(19)33)27-20(28-22)15-7-5-4-6-8-15/h4-12,19-22,27-28H,13H2,1-3H3,(H,25,31)(H,26,32).